The third kappa shape index (κ3) is 6.51. The van der Waals surface area contributed by atoms with E-state index < -0.39 is 0 Å². The SMILES string of the molecule is CCCCOCCOCc1ccc(CNC2CC2)cc1. The number of rotatable bonds is 11. The molecule has 1 aliphatic rings. The Hall–Kier alpha value is -0.900. The second kappa shape index (κ2) is 9.11. The molecular formula is C17H27NO2. The summed E-state index contributed by atoms with van der Waals surface area (Å²) in [6.07, 6.45) is 5.00. The van der Waals surface area contributed by atoms with Crippen molar-refractivity contribution in [3.8, 4) is 0 Å². The molecule has 0 atom stereocenters. The van der Waals surface area contributed by atoms with Crippen LogP contribution in [0.15, 0.2) is 24.3 Å². The minimum atomic E-state index is 0.674. The predicted octanol–water partition coefficient (Wildman–Crippen LogP) is 3.27. The van der Waals surface area contributed by atoms with E-state index in [2.05, 4.69) is 36.5 Å². The highest BCUT2D eigenvalue weighted by molar-refractivity contribution is 5.22. The predicted molar refractivity (Wildman–Crippen MR) is 81.7 cm³/mol. The van der Waals surface area contributed by atoms with Gasteiger partial charge >= 0.3 is 0 Å². The van der Waals surface area contributed by atoms with Gasteiger partial charge in [-0.2, -0.15) is 0 Å². The Bertz CT molecular complexity index is 360. The Morgan fingerprint density at radius 2 is 1.70 bits per heavy atom. The van der Waals surface area contributed by atoms with Crippen molar-refractivity contribution in [1.29, 1.82) is 0 Å². The van der Waals surface area contributed by atoms with Crippen molar-refractivity contribution < 1.29 is 9.47 Å². The summed E-state index contributed by atoms with van der Waals surface area (Å²) < 4.78 is 11.1. The monoisotopic (exact) mass is 277 g/mol. The molecule has 0 unspecified atom stereocenters. The molecule has 1 saturated carbocycles. The maximum absolute atomic E-state index is 5.61. The zero-order valence-electron chi connectivity index (χ0n) is 12.6. The molecule has 3 heteroatoms. The van der Waals surface area contributed by atoms with Crippen molar-refractivity contribution in [3.05, 3.63) is 35.4 Å². The maximum Gasteiger partial charge on any atom is 0.0718 e. The highest BCUT2D eigenvalue weighted by atomic mass is 16.5. The molecule has 0 aliphatic heterocycles. The average Bonchev–Trinajstić information content (AvgIpc) is 3.30. The summed E-state index contributed by atoms with van der Waals surface area (Å²) in [5.41, 5.74) is 2.58. The third-order valence-electron chi connectivity index (χ3n) is 3.48. The van der Waals surface area contributed by atoms with E-state index in [9.17, 15) is 0 Å². The summed E-state index contributed by atoms with van der Waals surface area (Å²) in [6, 6.07) is 9.45. The number of nitrogens with one attached hydrogen (secondary N) is 1. The number of hydrogen-bond donors (Lipinski definition) is 1. The fourth-order valence-electron chi connectivity index (χ4n) is 1.96. The topological polar surface area (TPSA) is 30.5 Å². The molecule has 0 radical (unpaired) electrons. The van der Waals surface area contributed by atoms with E-state index in [0.29, 0.717) is 19.8 Å². The van der Waals surface area contributed by atoms with Gasteiger partial charge in [0.1, 0.15) is 0 Å². The van der Waals surface area contributed by atoms with Crippen LogP contribution in [0.5, 0.6) is 0 Å². The van der Waals surface area contributed by atoms with Crippen molar-refractivity contribution in [3.63, 3.8) is 0 Å². The summed E-state index contributed by atoms with van der Waals surface area (Å²) in [6.45, 7) is 6.05. The van der Waals surface area contributed by atoms with Gasteiger partial charge in [0, 0.05) is 19.2 Å². The van der Waals surface area contributed by atoms with E-state index >= 15 is 0 Å². The maximum atomic E-state index is 5.61. The first-order valence-corrected chi connectivity index (χ1v) is 7.85. The van der Waals surface area contributed by atoms with Gasteiger partial charge in [-0.25, -0.2) is 0 Å². The van der Waals surface area contributed by atoms with E-state index in [4.69, 9.17) is 9.47 Å². The number of benzene rings is 1. The first-order chi connectivity index (χ1) is 9.88. The standard InChI is InChI=1S/C17H27NO2/c1-2-3-10-19-11-12-20-14-16-6-4-15(5-7-16)13-18-17-8-9-17/h4-7,17-18H,2-3,8-14H2,1H3. The fraction of sp³-hybridized carbons (Fsp3) is 0.647. The molecule has 0 bridgehead atoms. The molecule has 1 fully saturated rings. The average molecular weight is 277 g/mol. The van der Waals surface area contributed by atoms with E-state index in [-0.39, 0.29) is 0 Å². The quantitative estimate of drug-likeness (QED) is 0.630. The lowest BCUT2D eigenvalue weighted by Gasteiger charge is -2.07. The van der Waals surface area contributed by atoms with E-state index in [1.165, 1.54) is 30.4 Å². The highest BCUT2D eigenvalue weighted by Gasteiger charge is 2.19. The summed E-state index contributed by atoms with van der Waals surface area (Å²) in [4.78, 5) is 0. The lowest BCUT2D eigenvalue weighted by molar-refractivity contribution is 0.0397. The minimum absolute atomic E-state index is 0.674. The minimum Gasteiger partial charge on any atom is -0.379 e. The van der Waals surface area contributed by atoms with Gasteiger partial charge < -0.3 is 14.8 Å². The Morgan fingerprint density at radius 3 is 2.40 bits per heavy atom. The zero-order valence-corrected chi connectivity index (χ0v) is 12.6. The second-order valence-electron chi connectivity index (χ2n) is 5.49. The highest BCUT2D eigenvalue weighted by Crippen LogP contribution is 2.19. The molecule has 0 saturated heterocycles. The van der Waals surface area contributed by atoms with E-state index in [0.717, 1.165) is 25.6 Å². The van der Waals surface area contributed by atoms with E-state index in [1.54, 1.807) is 0 Å². The van der Waals surface area contributed by atoms with Crippen molar-refractivity contribution in [2.75, 3.05) is 19.8 Å². The van der Waals surface area contributed by atoms with Crippen LogP contribution in [0.3, 0.4) is 0 Å². The molecular weight excluding hydrogens is 250 g/mol. The van der Waals surface area contributed by atoms with Crippen LogP contribution < -0.4 is 5.32 Å². The van der Waals surface area contributed by atoms with Crippen LogP contribution in [0.2, 0.25) is 0 Å². The van der Waals surface area contributed by atoms with Crippen LogP contribution in [-0.2, 0) is 22.6 Å². The molecule has 0 spiro atoms. The molecule has 1 aromatic carbocycles. The largest absolute Gasteiger partial charge is 0.379 e. The van der Waals surface area contributed by atoms with Crippen LogP contribution in [0, 0.1) is 0 Å². The summed E-state index contributed by atoms with van der Waals surface area (Å²) in [7, 11) is 0. The molecule has 1 aromatic rings. The number of hydrogen-bond acceptors (Lipinski definition) is 3. The van der Waals surface area contributed by atoms with Crippen LogP contribution in [0.25, 0.3) is 0 Å². The third-order valence-corrected chi connectivity index (χ3v) is 3.48. The van der Waals surface area contributed by atoms with Crippen molar-refractivity contribution in [2.45, 2.75) is 51.8 Å². The van der Waals surface area contributed by atoms with Crippen molar-refractivity contribution >= 4 is 0 Å². The molecule has 0 aromatic heterocycles. The number of ether oxygens (including phenoxy) is 2. The molecule has 20 heavy (non-hydrogen) atoms. The van der Waals surface area contributed by atoms with Crippen LogP contribution >= 0.6 is 0 Å². The number of unbranched alkanes of at least 4 members (excludes halogenated alkanes) is 1. The fourth-order valence-corrected chi connectivity index (χ4v) is 1.96. The lowest BCUT2D eigenvalue weighted by atomic mass is 10.1. The Morgan fingerprint density at radius 1 is 1.00 bits per heavy atom. The van der Waals surface area contributed by atoms with Gasteiger partial charge in [0.2, 0.25) is 0 Å². The normalized spacial score (nSPS) is 14.7. The summed E-state index contributed by atoms with van der Waals surface area (Å²) in [5.74, 6) is 0. The molecule has 1 aliphatic carbocycles. The summed E-state index contributed by atoms with van der Waals surface area (Å²) >= 11 is 0. The van der Waals surface area contributed by atoms with E-state index in [1.807, 2.05) is 0 Å². The molecule has 3 nitrogen and oxygen atoms in total. The molecule has 0 heterocycles. The van der Waals surface area contributed by atoms with Crippen LogP contribution in [-0.4, -0.2) is 25.9 Å². The Labute approximate surface area is 122 Å². The molecule has 0 amide bonds. The van der Waals surface area contributed by atoms with Gasteiger partial charge in [-0.05, 0) is 30.4 Å². The zero-order chi connectivity index (χ0) is 14.0. The van der Waals surface area contributed by atoms with Crippen molar-refractivity contribution in [2.24, 2.45) is 0 Å². The Kier molecular flexibility index (Phi) is 7.06. The second-order valence-corrected chi connectivity index (χ2v) is 5.49. The first kappa shape index (κ1) is 15.5. The van der Waals surface area contributed by atoms with Crippen LogP contribution in [0.1, 0.15) is 43.7 Å². The molecule has 2 rings (SSSR count). The van der Waals surface area contributed by atoms with Gasteiger partial charge in [-0.3, -0.25) is 0 Å². The van der Waals surface area contributed by atoms with Gasteiger partial charge in [0.25, 0.3) is 0 Å². The van der Waals surface area contributed by atoms with Gasteiger partial charge in [-0.15, -0.1) is 0 Å². The van der Waals surface area contributed by atoms with Gasteiger partial charge in [-0.1, -0.05) is 37.6 Å². The molecule has 1 N–H and O–H groups in total. The molecule has 112 valence electrons. The lowest BCUT2D eigenvalue weighted by Crippen LogP contribution is -2.15. The smallest absolute Gasteiger partial charge is 0.0718 e. The first-order valence-electron chi connectivity index (χ1n) is 7.85. The Balaban J connectivity index is 1.53. The summed E-state index contributed by atoms with van der Waals surface area (Å²) in [5, 5.41) is 3.52. The van der Waals surface area contributed by atoms with Crippen molar-refractivity contribution in [1.82, 2.24) is 5.32 Å². The van der Waals surface area contributed by atoms with Gasteiger partial charge in [0.05, 0.1) is 19.8 Å². The van der Waals surface area contributed by atoms with Gasteiger partial charge in [0.15, 0.2) is 0 Å². The van der Waals surface area contributed by atoms with Crippen LogP contribution in [0.4, 0.5) is 0 Å².